The summed E-state index contributed by atoms with van der Waals surface area (Å²) in [5.74, 6) is 1.16. The Balaban J connectivity index is 1.49. The van der Waals surface area contributed by atoms with Crippen LogP contribution in [0, 0.1) is 6.92 Å². The number of nitrogens with zero attached hydrogens (tertiary/aromatic N) is 1. The summed E-state index contributed by atoms with van der Waals surface area (Å²) in [6, 6.07) is 15.7. The summed E-state index contributed by atoms with van der Waals surface area (Å²) in [6.07, 6.45) is 1.57. The second-order valence-electron chi connectivity index (χ2n) is 6.05. The molecule has 0 atom stereocenters. The van der Waals surface area contributed by atoms with Crippen molar-refractivity contribution < 1.29 is 17.9 Å². The highest BCUT2D eigenvalue weighted by molar-refractivity contribution is 7.92. The molecule has 1 aliphatic rings. The molecule has 27 heavy (non-hydrogen) atoms. The molecule has 8 heteroatoms. The third-order valence-electron chi connectivity index (χ3n) is 3.96. The van der Waals surface area contributed by atoms with Crippen molar-refractivity contribution in [2.75, 3.05) is 16.8 Å². The minimum absolute atomic E-state index is 0.0792. The normalized spacial score (nSPS) is 12.6. The van der Waals surface area contributed by atoms with E-state index in [0.717, 1.165) is 16.9 Å². The molecule has 0 amide bonds. The highest BCUT2D eigenvalue weighted by atomic mass is 32.2. The van der Waals surface area contributed by atoms with Crippen LogP contribution in [0.25, 0.3) is 0 Å². The number of hydrogen-bond acceptors (Lipinski definition) is 6. The highest BCUT2D eigenvalue weighted by Crippen LogP contribution is 2.34. The number of nitrogens with one attached hydrogen (secondary N) is 2. The van der Waals surface area contributed by atoms with Crippen molar-refractivity contribution in [1.29, 1.82) is 0 Å². The van der Waals surface area contributed by atoms with E-state index in [1.165, 1.54) is 12.1 Å². The van der Waals surface area contributed by atoms with Crippen LogP contribution in [0.15, 0.2) is 65.7 Å². The zero-order chi connectivity index (χ0) is 18.9. The first-order valence-corrected chi connectivity index (χ1v) is 9.70. The van der Waals surface area contributed by atoms with Crippen LogP contribution in [0.5, 0.6) is 11.5 Å². The first kappa shape index (κ1) is 17.2. The molecule has 0 fully saturated rings. The summed E-state index contributed by atoms with van der Waals surface area (Å²) < 4.78 is 38.0. The first-order chi connectivity index (χ1) is 13.0. The van der Waals surface area contributed by atoms with Gasteiger partial charge in [-0.2, -0.15) is 0 Å². The van der Waals surface area contributed by atoms with Gasteiger partial charge < -0.3 is 14.8 Å². The van der Waals surface area contributed by atoms with Crippen LogP contribution in [0.3, 0.4) is 0 Å². The number of aromatic nitrogens is 1. The fourth-order valence-electron chi connectivity index (χ4n) is 2.66. The Morgan fingerprint density at radius 3 is 2.59 bits per heavy atom. The molecule has 1 aliphatic heterocycles. The second kappa shape index (κ2) is 6.81. The molecule has 2 N–H and O–H groups in total. The Labute approximate surface area is 157 Å². The van der Waals surface area contributed by atoms with E-state index in [0.29, 0.717) is 11.5 Å². The molecule has 0 saturated carbocycles. The summed E-state index contributed by atoms with van der Waals surface area (Å²) in [5.41, 5.74) is 2.83. The number of hydrogen-bond donors (Lipinski definition) is 2. The summed E-state index contributed by atoms with van der Waals surface area (Å²) in [6.45, 7) is 2.10. The number of sulfonamides is 1. The fraction of sp³-hybridized carbons (Fsp3) is 0.105. The smallest absolute Gasteiger partial charge is 0.263 e. The molecule has 0 radical (unpaired) electrons. The van der Waals surface area contributed by atoms with Crippen molar-refractivity contribution in [2.24, 2.45) is 0 Å². The molecule has 3 aromatic rings. The van der Waals surface area contributed by atoms with Gasteiger partial charge in [0.15, 0.2) is 11.5 Å². The molecule has 0 spiro atoms. The molecule has 1 aromatic heterocycles. The maximum absolute atomic E-state index is 12.6. The average Bonchev–Trinajstić information content (AvgIpc) is 3.11. The van der Waals surface area contributed by atoms with Gasteiger partial charge in [-0.25, -0.2) is 13.4 Å². The van der Waals surface area contributed by atoms with Gasteiger partial charge in [0.05, 0.1) is 16.8 Å². The van der Waals surface area contributed by atoms with Crippen molar-refractivity contribution in [2.45, 2.75) is 11.8 Å². The second-order valence-corrected chi connectivity index (χ2v) is 7.73. The summed E-state index contributed by atoms with van der Waals surface area (Å²) >= 11 is 0. The summed E-state index contributed by atoms with van der Waals surface area (Å²) in [7, 11) is -3.78. The van der Waals surface area contributed by atoms with E-state index in [2.05, 4.69) is 15.0 Å². The van der Waals surface area contributed by atoms with Crippen LogP contribution in [-0.2, 0) is 10.0 Å². The van der Waals surface area contributed by atoms with Crippen molar-refractivity contribution in [3.05, 3.63) is 66.4 Å². The number of pyridine rings is 1. The van der Waals surface area contributed by atoms with Gasteiger partial charge in [0.25, 0.3) is 10.0 Å². The van der Waals surface area contributed by atoms with E-state index < -0.39 is 10.0 Å². The van der Waals surface area contributed by atoms with Gasteiger partial charge in [-0.1, -0.05) is 12.1 Å². The molecule has 2 aromatic carbocycles. The third-order valence-corrected chi connectivity index (χ3v) is 5.32. The van der Waals surface area contributed by atoms with E-state index >= 15 is 0 Å². The molecule has 4 rings (SSSR count). The van der Waals surface area contributed by atoms with Crippen LogP contribution in [0.1, 0.15) is 5.56 Å². The Bertz CT molecular complexity index is 1080. The topological polar surface area (TPSA) is 89.5 Å². The maximum atomic E-state index is 12.6. The van der Waals surface area contributed by atoms with Crippen LogP contribution >= 0.6 is 0 Å². The van der Waals surface area contributed by atoms with Crippen LogP contribution in [0.4, 0.5) is 17.2 Å². The Kier molecular flexibility index (Phi) is 4.33. The minimum atomic E-state index is -3.78. The number of ether oxygens (including phenoxy) is 2. The zero-order valence-electron chi connectivity index (χ0n) is 14.5. The standard InChI is InChI=1S/C19H17N3O4S/c1-13-3-2-4-14(9-13)21-15-5-8-19(20-11-15)22-27(23,24)16-6-7-17-18(10-16)26-12-25-17/h2-11,21H,12H2,1H3,(H,20,22). The SMILES string of the molecule is Cc1cccc(Nc2ccc(NS(=O)(=O)c3ccc4c(c3)OCO4)nc2)c1. The zero-order valence-corrected chi connectivity index (χ0v) is 15.3. The number of fused-ring (bicyclic) bond motifs is 1. The van der Waals surface area contributed by atoms with Crippen molar-refractivity contribution in [1.82, 2.24) is 4.98 Å². The first-order valence-electron chi connectivity index (χ1n) is 8.22. The Hall–Kier alpha value is -3.26. The predicted octanol–water partition coefficient (Wildman–Crippen LogP) is 3.66. The number of aryl methyl sites for hydroxylation is 1. The van der Waals surface area contributed by atoms with Gasteiger partial charge in [-0.3, -0.25) is 4.72 Å². The van der Waals surface area contributed by atoms with Crippen LogP contribution < -0.4 is 19.5 Å². The lowest BCUT2D eigenvalue weighted by molar-refractivity contribution is 0.174. The Morgan fingerprint density at radius 2 is 1.81 bits per heavy atom. The van der Waals surface area contributed by atoms with Gasteiger partial charge in [0.1, 0.15) is 5.82 Å². The lowest BCUT2D eigenvalue weighted by atomic mass is 10.2. The predicted molar refractivity (Wildman–Crippen MR) is 102 cm³/mol. The average molecular weight is 383 g/mol. The van der Waals surface area contributed by atoms with Gasteiger partial charge in [-0.15, -0.1) is 0 Å². The molecule has 2 heterocycles. The summed E-state index contributed by atoms with van der Waals surface area (Å²) in [5, 5.41) is 3.22. The monoisotopic (exact) mass is 383 g/mol. The molecule has 138 valence electrons. The number of rotatable bonds is 5. The third kappa shape index (κ3) is 3.80. The van der Waals surface area contributed by atoms with E-state index in [9.17, 15) is 8.42 Å². The maximum Gasteiger partial charge on any atom is 0.263 e. The lowest BCUT2D eigenvalue weighted by Gasteiger charge is -2.10. The van der Waals surface area contributed by atoms with Crippen LogP contribution in [0.2, 0.25) is 0 Å². The molecule has 7 nitrogen and oxygen atoms in total. The number of benzene rings is 2. The van der Waals surface area contributed by atoms with E-state index in [1.807, 2.05) is 31.2 Å². The largest absolute Gasteiger partial charge is 0.454 e. The minimum Gasteiger partial charge on any atom is -0.454 e. The van der Waals surface area contributed by atoms with Crippen molar-refractivity contribution >= 4 is 27.2 Å². The molecule has 0 saturated heterocycles. The molecule has 0 unspecified atom stereocenters. The number of anilines is 3. The molecule has 0 aliphatic carbocycles. The van der Waals surface area contributed by atoms with Crippen LogP contribution in [-0.4, -0.2) is 20.2 Å². The van der Waals surface area contributed by atoms with E-state index in [4.69, 9.17) is 9.47 Å². The Morgan fingerprint density at radius 1 is 0.963 bits per heavy atom. The summed E-state index contributed by atoms with van der Waals surface area (Å²) in [4.78, 5) is 4.25. The van der Waals surface area contributed by atoms with Crippen molar-refractivity contribution in [3.8, 4) is 11.5 Å². The quantitative estimate of drug-likeness (QED) is 0.699. The molecule has 0 bridgehead atoms. The lowest BCUT2D eigenvalue weighted by Crippen LogP contribution is -2.13. The molecular weight excluding hydrogens is 366 g/mol. The van der Waals surface area contributed by atoms with Gasteiger partial charge >= 0.3 is 0 Å². The molecular formula is C19H17N3O4S. The van der Waals surface area contributed by atoms with Crippen molar-refractivity contribution in [3.63, 3.8) is 0 Å². The fourth-order valence-corrected chi connectivity index (χ4v) is 3.68. The highest BCUT2D eigenvalue weighted by Gasteiger charge is 2.20. The van der Waals surface area contributed by atoms with Gasteiger partial charge in [0, 0.05) is 11.8 Å². The van der Waals surface area contributed by atoms with Gasteiger partial charge in [0.2, 0.25) is 6.79 Å². The van der Waals surface area contributed by atoms with E-state index in [-0.39, 0.29) is 17.5 Å². The van der Waals surface area contributed by atoms with E-state index in [1.54, 1.807) is 24.4 Å². The van der Waals surface area contributed by atoms with Gasteiger partial charge in [-0.05, 0) is 48.9 Å².